The number of rotatable bonds is 2. The molecule has 0 spiro atoms. The molecule has 13 heavy (non-hydrogen) atoms. The molecule has 0 unspecified atom stereocenters. The zero-order valence-electron chi connectivity index (χ0n) is 8.60. The van der Waals surface area contributed by atoms with Crippen LogP contribution in [-0.2, 0) is 9.40 Å². The maximum atomic E-state index is 5.35. The standard InChI is InChI=1S/C10H15OS.Pb/c1-7-6-8(10(2,3)4)12-9(7)11-5;/h6H,1H2,2-5H3;. The van der Waals surface area contributed by atoms with Gasteiger partial charge in [0.15, 0.2) is 0 Å². The van der Waals surface area contributed by atoms with Gasteiger partial charge < -0.3 is 0 Å². The van der Waals surface area contributed by atoms with Crippen LogP contribution in [0.25, 0.3) is 0 Å². The van der Waals surface area contributed by atoms with Crippen LogP contribution >= 0.6 is 11.3 Å². The van der Waals surface area contributed by atoms with E-state index in [0.29, 0.717) is 0 Å². The van der Waals surface area contributed by atoms with Crippen molar-refractivity contribution >= 4 is 37.1 Å². The Morgan fingerprint density at radius 3 is 2.38 bits per heavy atom. The summed E-state index contributed by atoms with van der Waals surface area (Å²) >= 11 is 3.00. The molecule has 0 amide bonds. The van der Waals surface area contributed by atoms with E-state index in [0.717, 1.165) is 5.06 Å². The van der Waals surface area contributed by atoms with E-state index < -0.39 is 0 Å². The molecule has 0 saturated heterocycles. The zero-order valence-corrected chi connectivity index (χ0v) is 13.3. The van der Waals surface area contributed by atoms with Gasteiger partial charge >= 0.3 is 101 Å². The summed E-state index contributed by atoms with van der Waals surface area (Å²) in [6.07, 6.45) is 0. The van der Waals surface area contributed by atoms with Crippen molar-refractivity contribution in [1.29, 1.82) is 0 Å². The minimum atomic E-state index is 0.257. The normalized spacial score (nSPS) is 11.8. The van der Waals surface area contributed by atoms with E-state index in [9.17, 15) is 0 Å². The molecular formula is C10H15OPbS. The number of methoxy groups -OCH3 is 1. The van der Waals surface area contributed by atoms with Crippen molar-refractivity contribution in [2.24, 2.45) is 0 Å². The zero-order chi connectivity index (χ0) is 10.1. The van der Waals surface area contributed by atoms with Gasteiger partial charge in [-0.25, -0.2) is 0 Å². The molecule has 0 aliphatic carbocycles. The van der Waals surface area contributed by atoms with Crippen LogP contribution in [0.4, 0.5) is 0 Å². The first kappa shape index (κ1) is 11.5. The molecule has 1 nitrogen and oxygen atoms in total. The van der Waals surface area contributed by atoms with E-state index in [4.69, 9.17) is 4.74 Å². The van der Waals surface area contributed by atoms with Crippen molar-refractivity contribution in [3.63, 3.8) is 0 Å². The number of hydrogen-bond acceptors (Lipinski definition) is 2. The molecule has 0 aromatic carbocycles. The van der Waals surface area contributed by atoms with Gasteiger partial charge in [-0.2, -0.15) is 0 Å². The molecule has 0 aliphatic rings. The van der Waals surface area contributed by atoms with E-state index in [1.165, 1.54) is 40.2 Å². The first-order valence-electron chi connectivity index (χ1n) is 4.31. The summed E-state index contributed by atoms with van der Waals surface area (Å²) in [5.74, 6) is 0. The minimum absolute atomic E-state index is 0.257. The Kier molecular flexibility index (Phi) is 3.80. The Hall–Kier alpha value is 0.422. The van der Waals surface area contributed by atoms with Crippen molar-refractivity contribution in [2.75, 3.05) is 7.11 Å². The van der Waals surface area contributed by atoms with Crippen LogP contribution in [0.2, 0.25) is 0 Å². The van der Waals surface area contributed by atoms with Gasteiger partial charge in [0.05, 0.1) is 0 Å². The summed E-state index contributed by atoms with van der Waals surface area (Å²) in [7, 11) is 1.76. The second-order valence-electron chi connectivity index (χ2n) is 4.05. The predicted octanol–water partition coefficient (Wildman–Crippen LogP) is 2.72. The molecule has 0 aliphatic heterocycles. The molecule has 3 radical (unpaired) electrons. The Balaban J connectivity index is 3.07. The van der Waals surface area contributed by atoms with Gasteiger partial charge in [0, 0.05) is 0 Å². The second-order valence-corrected chi connectivity index (χ2v) is 6.44. The van der Waals surface area contributed by atoms with Crippen molar-refractivity contribution in [3.05, 3.63) is 16.5 Å². The molecule has 1 heterocycles. The Labute approximate surface area is 100 Å². The fourth-order valence-electron chi connectivity index (χ4n) is 1.08. The van der Waals surface area contributed by atoms with E-state index in [1.807, 2.05) is 0 Å². The number of ether oxygens (including phenoxy) is 1. The summed E-state index contributed by atoms with van der Waals surface area (Å²) in [4.78, 5) is 1.43. The van der Waals surface area contributed by atoms with Crippen LogP contribution in [-0.4, -0.2) is 32.9 Å². The maximum absolute atomic E-state index is 5.35. The van der Waals surface area contributed by atoms with Crippen LogP contribution in [0.5, 0.6) is 5.06 Å². The van der Waals surface area contributed by atoms with Gasteiger partial charge in [0.25, 0.3) is 0 Å². The van der Waals surface area contributed by atoms with Crippen molar-refractivity contribution in [3.8, 4) is 5.06 Å². The predicted molar refractivity (Wildman–Crippen MR) is 59.0 cm³/mol. The van der Waals surface area contributed by atoms with Gasteiger partial charge in [-0.15, -0.1) is 0 Å². The molecule has 0 fully saturated rings. The van der Waals surface area contributed by atoms with E-state index in [-0.39, 0.29) is 5.41 Å². The van der Waals surface area contributed by atoms with Crippen molar-refractivity contribution < 1.29 is 4.74 Å². The van der Waals surface area contributed by atoms with E-state index in [2.05, 4.69) is 26.8 Å². The first-order chi connectivity index (χ1) is 5.99. The topological polar surface area (TPSA) is 9.23 Å². The van der Waals surface area contributed by atoms with Crippen LogP contribution in [0.15, 0.2) is 6.07 Å². The average molecular weight is 390 g/mol. The fraction of sp³-hybridized carbons (Fsp3) is 0.600. The van der Waals surface area contributed by atoms with Crippen LogP contribution < -0.4 is 4.74 Å². The summed E-state index contributed by atoms with van der Waals surface area (Å²) in [6, 6.07) is 2.30. The molecule has 1 aromatic heterocycles. The third-order valence-corrected chi connectivity index (χ3v) is 4.93. The second kappa shape index (κ2) is 4.30. The average Bonchev–Trinajstić information content (AvgIpc) is 2.45. The molecule has 0 atom stereocenters. The molecule has 3 heteroatoms. The summed E-state index contributed by atoms with van der Waals surface area (Å²) in [5.41, 5.74) is 1.65. The van der Waals surface area contributed by atoms with Gasteiger partial charge in [0.1, 0.15) is 0 Å². The number of hydrogen-bond donors (Lipinski definition) is 0. The van der Waals surface area contributed by atoms with E-state index >= 15 is 0 Å². The van der Waals surface area contributed by atoms with Gasteiger partial charge in [-0.1, -0.05) is 0 Å². The summed E-state index contributed by atoms with van der Waals surface area (Å²) < 4.78 is 6.54. The third kappa shape index (κ3) is 2.68. The van der Waals surface area contributed by atoms with Crippen molar-refractivity contribution in [2.45, 2.75) is 30.2 Å². The van der Waals surface area contributed by atoms with Gasteiger partial charge in [-0.3, -0.25) is 0 Å². The monoisotopic (exact) mass is 391 g/mol. The summed E-state index contributed by atoms with van der Waals surface area (Å²) in [5, 5.41) is 1.11. The van der Waals surface area contributed by atoms with Crippen molar-refractivity contribution in [1.82, 2.24) is 0 Å². The van der Waals surface area contributed by atoms with E-state index in [1.54, 1.807) is 18.4 Å². The Morgan fingerprint density at radius 2 is 2.08 bits per heavy atom. The van der Waals surface area contributed by atoms with Crippen LogP contribution in [0, 0.1) is 0 Å². The molecule has 0 saturated carbocycles. The van der Waals surface area contributed by atoms with Crippen LogP contribution in [0.3, 0.4) is 0 Å². The molecule has 1 aromatic rings. The molecule has 1 rings (SSSR count). The molecule has 0 bridgehead atoms. The summed E-state index contributed by atoms with van der Waals surface area (Å²) in [6.45, 7) is 6.74. The van der Waals surface area contributed by atoms with Crippen LogP contribution in [0.1, 0.15) is 31.2 Å². The fourth-order valence-corrected chi connectivity index (χ4v) is 3.65. The number of thiophene rings is 1. The molecule has 0 N–H and O–H groups in total. The molecular weight excluding hydrogens is 375 g/mol. The third-order valence-electron chi connectivity index (χ3n) is 1.89. The first-order valence-corrected chi connectivity index (χ1v) is 7.87. The Bertz CT molecular complexity index is 264. The quantitative estimate of drug-likeness (QED) is 0.706. The molecule has 71 valence electrons. The van der Waals surface area contributed by atoms with Gasteiger partial charge in [-0.05, 0) is 0 Å². The SMILES string of the molecule is COc1sc(C(C)(C)C)cc1[CH2][Pb]. The Morgan fingerprint density at radius 1 is 1.46 bits per heavy atom. The van der Waals surface area contributed by atoms with Gasteiger partial charge in [0.2, 0.25) is 0 Å².